The Kier molecular flexibility index (Phi) is 3.62. The first kappa shape index (κ1) is 14.3. The molecular weight excluding hydrogens is 285 g/mol. The molecule has 1 aromatic heterocycles. The van der Waals surface area contributed by atoms with Gasteiger partial charge in [0, 0.05) is 28.4 Å². The minimum Gasteiger partial charge on any atom is -0.341 e. The van der Waals surface area contributed by atoms with Gasteiger partial charge >= 0.3 is 7.60 Å². The van der Waals surface area contributed by atoms with Crippen molar-refractivity contribution < 1.29 is 14.4 Å². The monoisotopic (exact) mass is 303 g/mol. The maximum atomic E-state index is 11.0. The third-order valence-corrected chi connectivity index (χ3v) is 4.65. The first-order chi connectivity index (χ1) is 9.99. The molecule has 0 aliphatic heterocycles. The van der Waals surface area contributed by atoms with Crippen molar-refractivity contribution in [1.82, 2.24) is 4.57 Å². The van der Waals surface area contributed by atoms with Crippen molar-refractivity contribution in [2.24, 2.45) is 0 Å². The molecule has 0 spiro atoms. The van der Waals surface area contributed by atoms with Crippen LogP contribution in [0.15, 0.2) is 42.5 Å². The minimum atomic E-state index is -3.95. The third-order valence-electron chi connectivity index (χ3n) is 3.85. The maximum Gasteiger partial charge on any atom is 0.325 e. The zero-order chi connectivity index (χ0) is 15.0. The first-order valence-corrected chi connectivity index (χ1v) is 8.84. The average Bonchev–Trinajstić information content (AvgIpc) is 2.77. The predicted octanol–water partition coefficient (Wildman–Crippen LogP) is 3.53. The molecule has 0 saturated heterocycles. The van der Waals surface area contributed by atoms with Crippen LogP contribution in [-0.2, 0) is 17.5 Å². The van der Waals surface area contributed by atoms with Crippen LogP contribution in [-0.4, -0.2) is 20.5 Å². The molecule has 0 radical (unpaired) electrons. The summed E-state index contributed by atoms with van der Waals surface area (Å²) in [6, 6.07) is 14.3. The lowest BCUT2D eigenvalue weighted by atomic mass is 10.1. The van der Waals surface area contributed by atoms with Gasteiger partial charge in [-0.25, -0.2) is 0 Å². The van der Waals surface area contributed by atoms with Crippen molar-refractivity contribution in [2.75, 3.05) is 6.16 Å². The molecule has 2 aromatic carbocycles. The van der Waals surface area contributed by atoms with Gasteiger partial charge in [0.25, 0.3) is 0 Å². The summed E-state index contributed by atoms with van der Waals surface area (Å²) in [6.45, 7) is 2.97. The van der Waals surface area contributed by atoms with Gasteiger partial charge in [-0.1, -0.05) is 30.3 Å². The maximum absolute atomic E-state index is 11.0. The summed E-state index contributed by atoms with van der Waals surface area (Å²) in [5.74, 6) is 0. The summed E-state index contributed by atoms with van der Waals surface area (Å²) in [5.41, 5.74) is 3.28. The van der Waals surface area contributed by atoms with E-state index in [-0.39, 0.29) is 6.16 Å². The standard InChI is InChI=1S/C16H18NO3P/c1-2-17-15-6-4-3-5-13(15)14-8-7-12(11-16(14)17)9-10-21(18,19)20/h3-8,11H,2,9-10H2,1H3,(H2,18,19,20). The van der Waals surface area contributed by atoms with E-state index in [1.54, 1.807) is 0 Å². The summed E-state index contributed by atoms with van der Waals surface area (Å²) < 4.78 is 13.3. The highest BCUT2D eigenvalue weighted by Gasteiger charge is 2.14. The van der Waals surface area contributed by atoms with Crippen LogP contribution in [0.5, 0.6) is 0 Å². The highest BCUT2D eigenvalue weighted by molar-refractivity contribution is 7.51. The zero-order valence-corrected chi connectivity index (χ0v) is 12.8. The molecule has 4 nitrogen and oxygen atoms in total. The van der Waals surface area contributed by atoms with Gasteiger partial charge in [-0.3, -0.25) is 4.57 Å². The third kappa shape index (κ3) is 2.75. The van der Waals surface area contributed by atoms with Gasteiger partial charge in [-0.05, 0) is 31.0 Å². The topological polar surface area (TPSA) is 62.5 Å². The van der Waals surface area contributed by atoms with Crippen molar-refractivity contribution in [3.8, 4) is 0 Å². The molecule has 0 bridgehead atoms. The Hall–Kier alpha value is -1.61. The molecule has 1 heterocycles. The van der Waals surface area contributed by atoms with Crippen LogP contribution in [0.3, 0.4) is 0 Å². The largest absolute Gasteiger partial charge is 0.341 e. The second-order valence-corrected chi connectivity index (χ2v) is 7.03. The highest BCUT2D eigenvalue weighted by Crippen LogP contribution is 2.35. The smallest absolute Gasteiger partial charge is 0.325 e. The molecular formula is C16H18NO3P. The number of rotatable bonds is 4. The summed E-state index contributed by atoms with van der Waals surface area (Å²) in [5, 5.41) is 2.41. The Morgan fingerprint density at radius 3 is 2.48 bits per heavy atom. The van der Waals surface area contributed by atoms with E-state index in [0.717, 1.165) is 17.6 Å². The van der Waals surface area contributed by atoms with Gasteiger partial charge in [0.05, 0.1) is 6.16 Å². The second-order valence-electron chi connectivity index (χ2n) is 5.25. The molecule has 3 rings (SSSR count). The molecule has 3 aromatic rings. The SMILES string of the molecule is CCn1c2ccccc2c2ccc(CCP(=O)(O)O)cc21. The van der Waals surface area contributed by atoms with Crippen molar-refractivity contribution in [1.29, 1.82) is 0 Å². The number of hydrogen-bond acceptors (Lipinski definition) is 1. The average molecular weight is 303 g/mol. The number of benzene rings is 2. The van der Waals surface area contributed by atoms with E-state index in [2.05, 4.69) is 35.8 Å². The van der Waals surface area contributed by atoms with E-state index < -0.39 is 7.60 Å². The predicted molar refractivity (Wildman–Crippen MR) is 85.7 cm³/mol. The number of aromatic nitrogens is 1. The lowest BCUT2D eigenvalue weighted by molar-refractivity contribution is 0.373. The minimum absolute atomic E-state index is 0.106. The Bertz CT molecular complexity index is 847. The van der Waals surface area contributed by atoms with Crippen LogP contribution >= 0.6 is 7.60 Å². The number of nitrogens with zero attached hydrogens (tertiary/aromatic N) is 1. The van der Waals surface area contributed by atoms with Gasteiger partial charge < -0.3 is 14.4 Å². The first-order valence-electron chi connectivity index (χ1n) is 7.04. The fourth-order valence-electron chi connectivity index (χ4n) is 2.87. The second kappa shape index (κ2) is 5.30. The lowest BCUT2D eigenvalue weighted by Gasteiger charge is -2.06. The number of fused-ring (bicyclic) bond motifs is 3. The van der Waals surface area contributed by atoms with Crippen LogP contribution in [0, 0.1) is 0 Å². The van der Waals surface area contributed by atoms with E-state index in [0.29, 0.717) is 6.42 Å². The van der Waals surface area contributed by atoms with E-state index in [4.69, 9.17) is 9.79 Å². The quantitative estimate of drug-likeness (QED) is 0.725. The normalized spacial score (nSPS) is 12.3. The van der Waals surface area contributed by atoms with Crippen LogP contribution in [0.2, 0.25) is 0 Å². The zero-order valence-electron chi connectivity index (χ0n) is 11.9. The van der Waals surface area contributed by atoms with Gasteiger partial charge in [0.15, 0.2) is 0 Å². The van der Waals surface area contributed by atoms with Gasteiger partial charge in [0.1, 0.15) is 0 Å². The molecule has 0 atom stereocenters. The fraction of sp³-hybridized carbons (Fsp3) is 0.250. The van der Waals surface area contributed by atoms with E-state index in [1.807, 2.05) is 18.2 Å². The Labute approximate surface area is 123 Å². The summed E-state index contributed by atoms with van der Waals surface area (Å²) in [6.07, 6.45) is 0.288. The molecule has 0 aliphatic rings. The Balaban J connectivity index is 2.12. The van der Waals surface area contributed by atoms with Crippen molar-refractivity contribution in [3.05, 3.63) is 48.0 Å². The van der Waals surface area contributed by atoms with Crippen molar-refractivity contribution in [2.45, 2.75) is 19.9 Å². The molecule has 0 amide bonds. The van der Waals surface area contributed by atoms with E-state index >= 15 is 0 Å². The van der Waals surface area contributed by atoms with Gasteiger partial charge in [-0.2, -0.15) is 0 Å². The molecule has 0 fully saturated rings. The van der Waals surface area contributed by atoms with Crippen LogP contribution < -0.4 is 0 Å². The fourth-order valence-corrected chi connectivity index (χ4v) is 3.42. The summed E-state index contributed by atoms with van der Waals surface area (Å²) >= 11 is 0. The molecule has 0 unspecified atom stereocenters. The van der Waals surface area contributed by atoms with Crippen LogP contribution in [0.25, 0.3) is 21.8 Å². The molecule has 0 saturated carbocycles. The van der Waals surface area contributed by atoms with Crippen LogP contribution in [0.4, 0.5) is 0 Å². The number of hydrogen-bond donors (Lipinski definition) is 2. The van der Waals surface area contributed by atoms with Crippen molar-refractivity contribution in [3.63, 3.8) is 0 Å². The lowest BCUT2D eigenvalue weighted by Crippen LogP contribution is -1.96. The molecule has 2 N–H and O–H groups in total. The Morgan fingerprint density at radius 1 is 1.05 bits per heavy atom. The molecule has 5 heteroatoms. The highest BCUT2D eigenvalue weighted by atomic mass is 31.2. The van der Waals surface area contributed by atoms with Crippen molar-refractivity contribution >= 4 is 29.4 Å². The van der Waals surface area contributed by atoms with E-state index in [1.165, 1.54) is 16.3 Å². The van der Waals surface area contributed by atoms with Gasteiger partial charge in [0.2, 0.25) is 0 Å². The molecule has 21 heavy (non-hydrogen) atoms. The van der Waals surface area contributed by atoms with E-state index in [9.17, 15) is 4.57 Å². The number of para-hydroxylation sites is 1. The summed E-state index contributed by atoms with van der Waals surface area (Å²) in [4.78, 5) is 18.0. The Morgan fingerprint density at radius 2 is 1.76 bits per heavy atom. The van der Waals surface area contributed by atoms with Gasteiger partial charge in [-0.15, -0.1) is 0 Å². The molecule has 110 valence electrons. The number of aryl methyl sites for hydroxylation is 2. The van der Waals surface area contributed by atoms with Crippen LogP contribution in [0.1, 0.15) is 12.5 Å². The summed E-state index contributed by atoms with van der Waals surface area (Å²) in [7, 11) is -3.95. The molecule has 0 aliphatic carbocycles.